The van der Waals surface area contributed by atoms with Crippen LogP contribution in [0.25, 0.3) is 0 Å². The molecule has 0 aliphatic heterocycles. The summed E-state index contributed by atoms with van der Waals surface area (Å²) in [4.78, 5) is 11.2. The number of ether oxygens (including phenoxy) is 1. The molecule has 1 aromatic carbocycles. The number of aliphatic hydroxyl groups excluding tert-OH is 2. The Balaban J connectivity index is 3.14. The number of carbonyl (C=O) groups excluding carboxylic acids is 1. The van der Waals surface area contributed by atoms with E-state index in [4.69, 9.17) is 0 Å². The zero-order valence-electron chi connectivity index (χ0n) is 9.13. The summed E-state index contributed by atoms with van der Waals surface area (Å²) in [5.74, 6) is -1.76. The van der Waals surface area contributed by atoms with Crippen LogP contribution in [0.15, 0.2) is 18.2 Å². The molecule has 0 bridgehead atoms. The number of benzene rings is 1. The Bertz CT molecular complexity index is 410. The van der Waals surface area contributed by atoms with Crippen LogP contribution in [0, 0.1) is 5.82 Å². The maximum absolute atomic E-state index is 13.9. The minimum Gasteiger partial charge on any atom is -0.465 e. The van der Waals surface area contributed by atoms with Crippen molar-refractivity contribution < 1.29 is 24.1 Å². The van der Waals surface area contributed by atoms with Gasteiger partial charge in [0.2, 0.25) is 0 Å². The molecular formula is C11H13FO4S. The lowest BCUT2D eigenvalue weighted by molar-refractivity contribution is 0.0311. The molecular weight excluding hydrogens is 247 g/mol. The summed E-state index contributed by atoms with van der Waals surface area (Å²) >= 11 is 3.80. The molecule has 2 atom stereocenters. The largest absolute Gasteiger partial charge is 0.465 e. The summed E-state index contributed by atoms with van der Waals surface area (Å²) in [6, 6.07) is 3.93. The molecule has 0 saturated heterocycles. The monoisotopic (exact) mass is 260 g/mol. The van der Waals surface area contributed by atoms with Gasteiger partial charge in [-0.1, -0.05) is 12.1 Å². The van der Waals surface area contributed by atoms with Crippen LogP contribution in [0.3, 0.4) is 0 Å². The number of rotatable bonds is 4. The predicted octanol–water partition coefficient (Wildman–Crippen LogP) is 0.936. The second-order valence-electron chi connectivity index (χ2n) is 3.40. The van der Waals surface area contributed by atoms with Crippen molar-refractivity contribution in [3.8, 4) is 0 Å². The summed E-state index contributed by atoms with van der Waals surface area (Å²) in [6.45, 7) is 0. The average molecular weight is 260 g/mol. The van der Waals surface area contributed by atoms with Crippen molar-refractivity contribution >= 4 is 18.6 Å². The zero-order valence-corrected chi connectivity index (χ0v) is 10.0. The van der Waals surface area contributed by atoms with E-state index in [1.54, 1.807) is 0 Å². The van der Waals surface area contributed by atoms with Gasteiger partial charge in [-0.05, 0) is 6.07 Å². The molecule has 1 rings (SSSR count). The number of hydrogen-bond donors (Lipinski definition) is 3. The van der Waals surface area contributed by atoms with Crippen LogP contribution in [-0.2, 0) is 4.74 Å². The maximum atomic E-state index is 13.9. The number of methoxy groups -OCH3 is 1. The molecule has 0 radical (unpaired) electrons. The van der Waals surface area contributed by atoms with E-state index in [0.29, 0.717) is 0 Å². The van der Waals surface area contributed by atoms with Crippen molar-refractivity contribution in [3.05, 3.63) is 35.1 Å². The van der Waals surface area contributed by atoms with Gasteiger partial charge in [0.05, 0.1) is 18.8 Å². The van der Waals surface area contributed by atoms with Crippen LogP contribution < -0.4 is 0 Å². The molecule has 0 heterocycles. The zero-order chi connectivity index (χ0) is 13.0. The molecule has 0 aliphatic carbocycles. The van der Waals surface area contributed by atoms with Gasteiger partial charge in [0.15, 0.2) is 0 Å². The first-order valence-corrected chi connectivity index (χ1v) is 5.49. The van der Waals surface area contributed by atoms with E-state index in [9.17, 15) is 19.4 Å². The highest BCUT2D eigenvalue weighted by molar-refractivity contribution is 7.80. The van der Waals surface area contributed by atoms with Crippen molar-refractivity contribution in [3.63, 3.8) is 0 Å². The quantitative estimate of drug-likeness (QED) is 0.556. The molecule has 1 aromatic rings. The van der Waals surface area contributed by atoms with Crippen LogP contribution in [0.2, 0.25) is 0 Å². The van der Waals surface area contributed by atoms with Crippen LogP contribution in [0.4, 0.5) is 4.39 Å². The fourth-order valence-corrected chi connectivity index (χ4v) is 1.55. The van der Waals surface area contributed by atoms with Crippen molar-refractivity contribution in [2.45, 2.75) is 12.2 Å². The molecule has 2 unspecified atom stereocenters. The highest BCUT2D eigenvalue weighted by atomic mass is 32.1. The van der Waals surface area contributed by atoms with Gasteiger partial charge in [-0.25, -0.2) is 9.18 Å². The van der Waals surface area contributed by atoms with Crippen molar-refractivity contribution in [2.75, 3.05) is 12.9 Å². The van der Waals surface area contributed by atoms with Gasteiger partial charge >= 0.3 is 5.97 Å². The first kappa shape index (κ1) is 14.0. The topological polar surface area (TPSA) is 66.8 Å². The Kier molecular flexibility index (Phi) is 4.92. The molecule has 0 aliphatic rings. The Morgan fingerprint density at radius 2 is 2.18 bits per heavy atom. The van der Waals surface area contributed by atoms with Crippen molar-refractivity contribution in [2.24, 2.45) is 0 Å². The van der Waals surface area contributed by atoms with Gasteiger partial charge in [-0.3, -0.25) is 0 Å². The SMILES string of the molecule is COC(=O)c1cccc(C(O)C(O)CS)c1F. The number of aliphatic hydroxyl groups is 2. The van der Waals surface area contributed by atoms with E-state index < -0.39 is 24.0 Å². The maximum Gasteiger partial charge on any atom is 0.340 e. The normalized spacial score (nSPS) is 14.2. The lowest BCUT2D eigenvalue weighted by Gasteiger charge is -2.17. The summed E-state index contributed by atoms with van der Waals surface area (Å²) in [6.07, 6.45) is -2.64. The minimum absolute atomic E-state index is 0.0247. The van der Waals surface area contributed by atoms with Crippen molar-refractivity contribution in [1.82, 2.24) is 0 Å². The first-order valence-electron chi connectivity index (χ1n) is 4.86. The second kappa shape index (κ2) is 6.00. The van der Waals surface area contributed by atoms with Crippen LogP contribution in [0.5, 0.6) is 0 Å². The van der Waals surface area contributed by atoms with E-state index in [1.807, 2.05) is 0 Å². The Labute approximate surface area is 103 Å². The lowest BCUT2D eigenvalue weighted by Crippen LogP contribution is -2.21. The van der Waals surface area contributed by atoms with E-state index in [-0.39, 0.29) is 16.9 Å². The van der Waals surface area contributed by atoms with Gasteiger partial charge in [-0.2, -0.15) is 12.6 Å². The Hall–Kier alpha value is -1.11. The summed E-state index contributed by atoms with van der Waals surface area (Å²) in [5.41, 5.74) is -0.440. The predicted molar refractivity (Wildman–Crippen MR) is 62.6 cm³/mol. The molecule has 4 nitrogen and oxygen atoms in total. The summed E-state index contributed by atoms with van der Waals surface area (Å²) < 4.78 is 18.3. The average Bonchev–Trinajstić information content (AvgIpc) is 2.36. The third-order valence-corrected chi connectivity index (χ3v) is 2.68. The number of halogens is 1. The van der Waals surface area contributed by atoms with Crippen molar-refractivity contribution in [1.29, 1.82) is 0 Å². The van der Waals surface area contributed by atoms with Gasteiger partial charge in [0.25, 0.3) is 0 Å². The molecule has 0 spiro atoms. The second-order valence-corrected chi connectivity index (χ2v) is 3.76. The Morgan fingerprint density at radius 3 is 2.71 bits per heavy atom. The molecule has 17 heavy (non-hydrogen) atoms. The fourth-order valence-electron chi connectivity index (χ4n) is 1.35. The van der Waals surface area contributed by atoms with E-state index in [1.165, 1.54) is 18.2 Å². The molecule has 0 aromatic heterocycles. The van der Waals surface area contributed by atoms with Gasteiger partial charge in [-0.15, -0.1) is 0 Å². The third-order valence-electron chi connectivity index (χ3n) is 2.30. The van der Waals surface area contributed by atoms with Gasteiger partial charge in [0.1, 0.15) is 11.9 Å². The third kappa shape index (κ3) is 2.96. The lowest BCUT2D eigenvalue weighted by atomic mass is 10.0. The van der Waals surface area contributed by atoms with E-state index in [0.717, 1.165) is 7.11 Å². The molecule has 0 amide bonds. The van der Waals surface area contributed by atoms with E-state index in [2.05, 4.69) is 17.4 Å². The van der Waals surface area contributed by atoms with E-state index >= 15 is 0 Å². The number of esters is 1. The van der Waals surface area contributed by atoms with Crippen LogP contribution in [-0.4, -0.2) is 35.1 Å². The number of thiol groups is 1. The Morgan fingerprint density at radius 1 is 1.53 bits per heavy atom. The standard InChI is InChI=1S/C11H13FO4S/c1-16-11(15)7-4-2-3-6(9(7)12)10(14)8(13)5-17/h2-4,8,10,13-14,17H,5H2,1H3. The molecule has 2 N–H and O–H groups in total. The molecule has 0 saturated carbocycles. The molecule has 0 fully saturated rings. The minimum atomic E-state index is -1.43. The number of hydrogen-bond acceptors (Lipinski definition) is 5. The van der Waals surface area contributed by atoms with Gasteiger partial charge in [0, 0.05) is 11.3 Å². The molecule has 94 valence electrons. The van der Waals surface area contributed by atoms with Crippen LogP contribution in [0.1, 0.15) is 22.0 Å². The number of carbonyl (C=O) groups is 1. The summed E-state index contributed by atoms with van der Waals surface area (Å²) in [7, 11) is 1.13. The highest BCUT2D eigenvalue weighted by Crippen LogP contribution is 2.23. The van der Waals surface area contributed by atoms with Gasteiger partial charge < -0.3 is 14.9 Å². The first-order chi connectivity index (χ1) is 8.02. The summed E-state index contributed by atoms with van der Waals surface area (Å²) in [5, 5.41) is 19.0. The highest BCUT2D eigenvalue weighted by Gasteiger charge is 2.24. The smallest absolute Gasteiger partial charge is 0.340 e. The fraction of sp³-hybridized carbons (Fsp3) is 0.364. The molecule has 6 heteroatoms. The van der Waals surface area contributed by atoms with Crippen LogP contribution >= 0.6 is 12.6 Å².